The Hall–Kier alpha value is -0.120. The van der Waals surface area contributed by atoms with Gasteiger partial charge in [-0.1, -0.05) is 0 Å². The second-order valence-electron chi connectivity index (χ2n) is 6.58. The van der Waals surface area contributed by atoms with Crippen molar-refractivity contribution in [2.45, 2.75) is 50.4 Å². The number of hydrogen-bond acceptors (Lipinski definition) is 3. The Kier molecular flexibility index (Phi) is 2.50. The van der Waals surface area contributed by atoms with Crippen LogP contribution in [-0.2, 0) is 4.74 Å². The summed E-state index contributed by atoms with van der Waals surface area (Å²) < 4.78 is 5.85. The van der Waals surface area contributed by atoms with Crippen LogP contribution in [0.3, 0.4) is 0 Å². The predicted molar refractivity (Wildman–Crippen MR) is 64.7 cm³/mol. The fourth-order valence-corrected chi connectivity index (χ4v) is 4.96. The molecule has 0 spiro atoms. The van der Waals surface area contributed by atoms with Crippen molar-refractivity contribution in [3.63, 3.8) is 0 Å². The Morgan fingerprint density at radius 1 is 1.18 bits per heavy atom. The smallest absolute Gasteiger partial charge is 0.0726 e. The fourth-order valence-electron chi connectivity index (χ4n) is 4.96. The van der Waals surface area contributed by atoms with Gasteiger partial charge in [0.25, 0.3) is 0 Å². The Bertz CT molecular complexity index is 301. The molecule has 1 N–H and O–H groups in total. The van der Waals surface area contributed by atoms with Gasteiger partial charge >= 0.3 is 0 Å². The van der Waals surface area contributed by atoms with Crippen LogP contribution in [0.25, 0.3) is 0 Å². The van der Waals surface area contributed by atoms with Gasteiger partial charge in [-0.2, -0.15) is 0 Å². The molecule has 2 aliphatic heterocycles. The zero-order valence-corrected chi connectivity index (χ0v) is 10.4. The maximum atomic E-state index is 10.3. The summed E-state index contributed by atoms with van der Waals surface area (Å²) >= 11 is 0. The van der Waals surface area contributed by atoms with E-state index in [1.165, 1.54) is 38.6 Å². The molecule has 0 radical (unpaired) electrons. The topological polar surface area (TPSA) is 32.7 Å². The lowest BCUT2D eigenvalue weighted by atomic mass is 9.88. The summed E-state index contributed by atoms with van der Waals surface area (Å²) in [6.45, 7) is 3.24. The normalized spacial score (nSPS) is 53.5. The molecule has 2 saturated heterocycles. The first kappa shape index (κ1) is 10.8. The van der Waals surface area contributed by atoms with Crippen LogP contribution in [0, 0.1) is 17.8 Å². The molecule has 3 heteroatoms. The van der Waals surface area contributed by atoms with Crippen molar-refractivity contribution < 1.29 is 9.84 Å². The van der Waals surface area contributed by atoms with E-state index in [4.69, 9.17) is 4.74 Å². The van der Waals surface area contributed by atoms with Crippen molar-refractivity contribution in [1.82, 2.24) is 4.90 Å². The highest BCUT2D eigenvalue weighted by Gasteiger charge is 2.58. The molecule has 0 aromatic carbocycles. The maximum Gasteiger partial charge on any atom is 0.0726 e. The van der Waals surface area contributed by atoms with Gasteiger partial charge in [-0.15, -0.1) is 0 Å². The van der Waals surface area contributed by atoms with E-state index in [2.05, 4.69) is 4.90 Å². The van der Waals surface area contributed by atoms with Crippen molar-refractivity contribution in [1.29, 1.82) is 0 Å². The minimum Gasteiger partial charge on any atom is -0.391 e. The molecule has 2 bridgehead atoms. The van der Waals surface area contributed by atoms with E-state index in [0.717, 1.165) is 25.0 Å². The van der Waals surface area contributed by atoms with Crippen LogP contribution in [-0.4, -0.2) is 48.0 Å². The molecule has 0 aromatic heterocycles. The molecule has 96 valence electrons. The monoisotopic (exact) mass is 237 g/mol. The molecule has 2 saturated carbocycles. The minimum atomic E-state index is -0.0395. The zero-order valence-electron chi connectivity index (χ0n) is 10.4. The standard InChI is InChI=1S/C14H23NO2/c16-14-9-5-10-7-15(13(14)12(10)6-9)8-11-3-1-2-4-17-11/h9-14,16H,1-8H2. The van der Waals surface area contributed by atoms with E-state index in [0.29, 0.717) is 18.1 Å². The fraction of sp³-hybridized carbons (Fsp3) is 1.00. The molecule has 17 heavy (non-hydrogen) atoms. The van der Waals surface area contributed by atoms with Gasteiger partial charge in [-0.05, 0) is 49.9 Å². The molecule has 4 aliphatic rings. The number of rotatable bonds is 2. The minimum absolute atomic E-state index is 0.0395. The molecule has 2 heterocycles. The first-order chi connectivity index (χ1) is 8.33. The van der Waals surface area contributed by atoms with Crippen molar-refractivity contribution in [2.75, 3.05) is 19.7 Å². The number of aliphatic hydroxyl groups excluding tert-OH is 1. The molecule has 4 fully saturated rings. The van der Waals surface area contributed by atoms with Crippen molar-refractivity contribution in [3.05, 3.63) is 0 Å². The van der Waals surface area contributed by atoms with Gasteiger partial charge in [-0.25, -0.2) is 0 Å². The van der Waals surface area contributed by atoms with Gasteiger partial charge < -0.3 is 9.84 Å². The molecule has 6 atom stereocenters. The third-order valence-corrected chi connectivity index (χ3v) is 5.66. The first-order valence-electron chi connectivity index (χ1n) is 7.36. The zero-order chi connectivity index (χ0) is 11.4. The maximum absolute atomic E-state index is 10.3. The van der Waals surface area contributed by atoms with Gasteiger partial charge in [-0.3, -0.25) is 4.90 Å². The highest BCUT2D eigenvalue weighted by atomic mass is 16.5. The van der Waals surface area contributed by atoms with Crippen molar-refractivity contribution in [2.24, 2.45) is 17.8 Å². The molecule has 2 aliphatic carbocycles. The molecule has 3 nitrogen and oxygen atoms in total. The summed E-state index contributed by atoms with van der Waals surface area (Å²) in [5.74, 6) is 2.31. The second-order valence-corrected chi connectivity index (χ2v) is 6.58. The lowest BCUT2D eigenvalue weighted by Gasteiger charge is -2.32. The number of fused-ring (bicyclic) bond motifs is 1. The number of hydrogen-bond donors (Lipinski definition) is 1. The lowest BCUT2D eigenvalue weighted by molar-refractivity contribution is -0.0221. The molecule has 6 unspecified atom stereocenters. The number of likely N-dealkylation sites (tertiary alicyclic amines) is 1. The Morgan fingerprint density at radius 3 is 2.88 bits per heavy atom. The lowest BCUT2D eigenvalue weighted by Crippen LogP contribution is -2.44. The molecular weight excluding hydrogens is 214 g/mol. The van der Waals surface area contributed by atoms with E-state index in [1.54, 1.807) is 0 Å². The van der Waals surface area contributed by atoms with Crippen molar-refractivity contribution >= 4 is 0 Å². The van der Waals surface area contributed by atoms with Gasteiger partial charge in [0.2, 0.25) is 0 Å². The highest BCUT2D eigenvalue weighted by molar-refractivity contribution is 5.11. The van der Waals surface area contributed by atoms with Crippen LogP contribution >= 0.6 is 0 Å². The SMILES string of the molecule is OC1C2CC3CN(CC4CCCCO4)C1C3C2. The molecular formula is C14H23NO2. The largest absolute Gasteiger partial charge is 0.391 e. The van der Waals surface area contributed by atoms with Crippen LogP contribution in [0.1, 0.15) is 32.1 Å². The summed E-state index contributed by atoms with van der Waals surface area (Å²) in [7, 11) is 0. The number of aliphatic hydroxyl groups is 1. The van der Waals surface area contributed by atoms with E-state index >= 15 is 0 Å². The van der Waals surface area contributed by atoms with Crippen LogP contribution < -0.4 is 0 Å². The van der Waals surface area contributed by atoms with Gasteiger partial charge in [0.15, 0.2) is 0 Å². The molecule has 4 rings (SSSR count). The van der Waals surface area contributed by atoms with Gasteiger partial charge in [0.05, 0.1) is 12.2 Å². The molecule has 0 amide bonds. The summed E-state index contributed by atoms with van der Waals surface area (Å²) in [6.07, 6.45) is 6.74. The third kappa shape index (κ3) is 1.59. The quantitative estimate of drug-likeness (QED) is 0.785. The Labute approximate surface area is 103 Å². The van der Waals surface area contributed by atoms with Gasteiger partial charge in [0.1, 0.15) is 0 Å². The summed E-state index contributed by atoms with van der Waals surface area (Å²) in [5, 5.41) is 10.3. The van der Waals surface area contributed by atoms with Crippen LogP contribution in [0.5, 0.6) is 0 Å². The summed E-state index contributed by atoms with van der Waals surface area (Å²) in [6, 6.07) is 0.476. The predicted octanol–water partition coefficient (Wildman–Crippen LogP) is 1.26. The van der Waals surface area contributed by atoms with Gasteiger partial charge in [0, 0.05) is 25.7 Å². The number of ether oxygens (including phenoxy) is 1. The Morgan fingerprint density at radius 2 is 2.12 bits per heavy atom. The second kappa shape index (κ2) is 3.94. The van der Waals surface area contributed by atoms with E-state index in [1.807, 2.05) is 0 Å². The van der Waals surface area contributed by atoms with E-state index in [9.17, 15) is 5.11 Å². The number of nitrogens with zero attached hydrogens (tertiary/aromatic N) is 1. The average Bonchev–Trinajstić information content (AvgIpc) is 2.92. The van der Waals surface area contributed by atoms with Crippen LogP contribution in [0.2, 0.25) is 0 Å². The summed E-state index contributed by atoms with van der Waals surface area (Å²) in [4.78, 5) is 2.56. The van der Waals surface area contributed by atoms with Crippen LogP contribution in [0.15, 0.2) is 0 Å². The van der Waals surface area contributed by atoms with Crippen LogP contribution in [0.4, 0.5) is 0 Å². The summed E-state index contributed by atoms with van der Waals surface area (Å²) in [5.41, 5.74) is 0. The molecule has 0 aromatic rings. The Balaban J connectivity index is 1.45. The van der Waals surface area contributed by atoms with Crippen molar-refractivity contribution in [3.8, 4) is 0 Å². The van der Waals surface area contributed by atoms with E-state index < -0.39 is 0 Å². The highest BCUT2D eigenvalue weighted by Crippen LogP contribution is 2.54. The average molecular weight is 237 g/mol. The third-order valence-electron chi connectivity index (χ3n) is 5.66. The first-order valence-corrected chi connectivity index (χ1v) is 7.36. The van der Waals surface area contributed by atoms with E-state index in [-0.39, 0.29) is 6.10 Å².